The molecule has 0 radical (unpaired) electrons. The molecule has 0 saturated heterocycles. The number of aromatic nitrogens is 2. The van der Waals surface area contributed by atoms with Crippen LogP contribution in [0.15, 0.2) is 28.3 Å². The van der Waals surface area contributed by atoms with E-state index in [1.54, 1.807) is 6.92 Å². The third kappa shape index (κ3) is 5.30. The van der Waals surface area contributed by atoms with E-state index in [2.05, 4.69) is 14.7 Å². The zero-order chi connectivity index (χ0) is 16.3. The third-order valence-corrected chi connectivity index (χ3v) is 4.30. The molecule has 2 N–H and O–H groups in total. The number of benzene rings is 1. The zero-order valence-electron chi connectivity index (χ0n) is 11.4. The Bertz CT molecular complexity index is 833. The van der Waals surface area contributed by atoms with Gasteiger partial charge < -0.3 is 9.72 Å². The third-order valence-electron chi connectivity index (χ3n) is 2.57. The van der Waals surface area contributed by atoms with Gasteiger partial charge in [-0.25, -0.2) is 9.78 Å². The predicted octanol–water partition coefficient (Wildman–Crippen LogP) is 0.385. The molecule has 23 heavy (non-hydrogen) atoms. The SMILES string of the molecule is CCOC(=O)C(=O)CSc1nc2cc(S(=O)(=O)O)ccc2[nH]1.[NaH]. The van der Waals surface area contributed by atoms with Gasteiger partial charge in [-0.1, -0.05) is 11.8 Å². The summed E-state index contributed by atoms with van der Waals surface area (Å²) in [5.74, 6) is -1.74. The molecule has 2 rings (SSSR count). The zero-order valence-corrected chi connectivity index (χ0v) is 13.0. The summed E-state index contributed by atoms with van der Waals surface area (Å²) in [6.45, 7) is 1.72. The van der Waals surface area contributed by atoms with Gasteiger partial charge in [-0.2, -0.15) is 8.42 Å². The molecule has 0 atom stereocenters. The number of hydrogen-bond donors (Lipinski definition) is 2. The fourth-order valence-corrected chi connectivity index (χ4v) is 2.83. The summed E-state index contributed by atoms with van der Waals surface area (Å²) in [4.78, 5) is 29.3. The van der Waals surface area contributed by atoms with E-state index in [0.29, 0.717) is 16.2 Å². The Labute approximate surface area is 158 Å². The van der Waals surface area contributed by atoms with Gasteiger partial charge in [0.2, 0.25) is 5.78 Å². The molecule has 0 fully saturated rings. The predicted molar refractivity (Wildman–Crippen MR) is 85.4 cm³/mol. The van der Waals surface area contributed by atoms with Gasteiger partial charge in [0.05, 0.1) is 28.3 Å². The molecular weight excluding hydrogens is 355 g/mol. The monoisotopic (exact) mass is 368 g/mol. The fourth-order valence-electron chi connectivity index (χ4n) is 1.60. The number of carbonyl (C=O) groups excluding carboxylic acids is 2. The number of esters is 1. The molecular formula is C12H13N2NaO6S2. The van der Waals surface area contributed by atoms with Crippen LogP contribution in [0.25, 0.3) is 11.0 Å². The van der Waals surface area contributed by atoms with E-state index in [-0.39, 0.29) is 46.8 Å². The van der Waals surface area contributed by atoms with Gasteiger partial charge in [0.1, 0.15) is 0 Å². The second-order valence-electron chi connectivity index (χ2n) is 4.13. The van der Waals surface area contributed by atoms with Crippen LogP contribution in [0.2, 0.25) is 0 Å². The van der Waals surface area contributed by atoms with Crippen molar-refractivity contribution in [1.29, 1.82) is 0 Å². The molecule has 11 heteroatoms. The standard InChI is InChI=1S/C12H12N2O6S2.Na.H/c1-2-20-11(16)10(15)6-21-12-13-8-4-3-7(22(17,18)19)5-9(8)14-12;;/h3-5H,2,6H2,1H3,(H,13,14)(H,17,18,19);;. The van der Waals surface area contributed by atoms with Gasteiger partial charge in [0, 0.05) is 0 Å². The molecule has 0 aliphatic carbocycles. The summed E-state index contributed by atoms with van der Waals surface area (Å²) >= 11 is 0.993. The molecule has 0 aliphatic rings. The number of hydrogen-bond acceptors (Lipinski definition) is 7. The van der Waals surface area contributed by atoms with Gasteiger partial charge >= 0.3 is 35.5 Å². The van der Waals surface area contributed by atoms with Crippen molar-refractivity contribution in [3.63, 3.8) is 0 Å². The first-order valence-electron chi connectivity index (χ1n) is 6.11. The molecule has 0 amide bonds. The number of nitrogens with one attached hydrogen (secondary N) is 1. The molecule has 0 bridgehead atoms. The summed E-state index contributed by atoms with van der Waals surface area (Å²) in [5.41, 5.74) is 0.861. The maximum atomic E-state index is 11.5. The van der Waals surface area contributed by atoms with Crippen molar-refractivity contribution >= 4 is 74.2 Å². The molecule has 2 aromatic rings. The summed E-state index contributed by atoms with van der Waals surface area (Å²) in [7, 11) is -4.30. The molecule has 120 valence electrons. The van der Waals surface area contributed by atoms with Crippen molar-refractivity contribution in [2.75, 3.05) is 12.4 Å². The summed E-state index contributed by atoms with van der Waals surface area (Å²) in [6.07, 6.45) is 0. The first-order chi connectivity index (χ1) is 10.3. The number of nitrogens with zero attached hydrogens (tertiary/aromatic N) is 1. The molecule has 0 spiro atoms. The number of thioether (sulfide) groups is 1. The fraction of sp³-hybridized carbons (Fsp3) is 0.250. The molecule has 1 aromatic carbocycles. The first kappa shape index (κ1) is 20.1. The van der Waals surface area contributed by atoms with Crippen molar-refractivity contribution in [2.24, 2.45) is 0 Å². The minimum atomic E-state index is -4.30. The Hall–Kier alpha value is -0.910. The topological polar surface area (TPSA) is 126 Å². The second kappa shape index (κ2) is 8.27. The average molecular weight is 368 g/mol. The van der Waals surface area contributed by atoms with Crippen LogP contribution in [0.5, 0.6) is 0 Å². The number of fused-ring (bicyclic) bond motifs is 1. The molecule has 0 saturated carbocycles. The Kier molecular flexibility index (Phi) is 7.24. The van der Waals surface area contributed by atoms with E-state index in [4.69, 9.17) is 4.55 Å². The molecule has 1 aromatic heterocycles. The quantitative estimate of drug-likeness (QED) is 0.246. The summed E-state index contributed by atoms with van der Waals surface area (Å²) < 4.78 is 35.7. The Morgan fingerprint density at radius 2 is 2.09 bits per heavy atom. The van der Waals surface area contributed by atoms with Gasteiger partial charge in [-0.3, -0.25) is 9.35 Å². The van der Waals surface area contributed by atoms with Crippen LogP contribution >= 0.6 is 11.8 Å². The Balaban J connectivity index is 0.00000264. The Morgan fingerprint density at radius 3 is 2.70 bits per heavy atom. The van der Waals surface area contributed by atoms with Crippen LogP contribution in [0.1, 0.15) is 6.92 Å². The van der Waals surface area contributed by atoms with E-state index in [1.165, 1.54) is 18.2 Å². The van der Waals surface area contributed by atoms with Gasteiger partial charge in [-0.15, -0.1) is 0 Å². The maximum absolute atomic E-state index is 11.5. The number of Topliss-reactive ketones (excluding diaryl/α,β-unsaturated/α-hetero) is 1. The van der Waals surface area contributed by atoms with E-state index >= 15 is 0 Å². The normalized spacial score (nSPS) is 11.0. The number of ether oxygens (including phenoxy) is 1. The van der Waals surface area contributed by atoms with E-state index in [1.807, 2.05) is 0 Å². The molecule has 0 aliphatic heterocycles. The average Bonchev–Trinajstić information content (AvgIpc) is 2.85. The van der Waals surface area contributed by atoms with Crippen LogP contribution < -0.4 is 0 Å². The number of aromatic amines is 1. The number of ketones is 1. The number of H-pyrrole nitrogens is 1. The Morgan fingerprint density at radius 1 is 1.39 bits per heavy atom. The summed E-state index contributed by atoms with van der Waals surface area (Å²) in [5, 5.41) is 0.347. The van der Waals surface area contributed by atoms with Crippen LogP contribution in [0.4, 0.5) is 0 Å². The van der Waals surface area contributed by atoms with Crippen molar-refractivity contribution < 1.29 is 27.3 Å². The molecule has 0 unspecified atom stereocenters. The number of carbonyl (C=O) groups is 2. The van der Waals surface area contributed by atoms with Crippen LogP contribution in [0.3, 0.4) is 0 Å². The number of rotatable bonds is 6. The van der Waals surface area contributed by atoms with Gasteiger partial charge in [-0.05, 0) is 25.1 Å². The van der Waals surface area contributed by atoms with Crippen LogP contribution in [0, 0.1) is 0 Å². The van der Waals surface area contributed by atoms with E-state index in [0.717, 1.165) is 11.8 Å². The van der Waals surface area contributed by atoms with Crippen molar-refractivity contribution in [2.45, 2.75) is 17.0 Å². The van der Waals surface area contributed by atoms with Crippen molar-refractivity contribution in [3.8, 4) is 0 Å². The van der Waals surface area contributed by atoms with Crippen LogP contribution in [-0.4, -0.2) is 76.6 Å². The van der Waals surface area contributed by atoms with Crippen molar-refractivity contribution in [1.82, 2.24) is 9.97 Å². The molecule has 1 heterocycles. The van der Waals surface area contributed by atoms with Gasteiger partial charge in [0.15, 0.2) is 5.16 Å². The van der Waals surface area contributed by atoms with Gasteiger partial charge in [0.25, 0.3) is 10.1 Å². The van der Waals surface area contributed by atoms with E-state index < -0.39 is 21.9 Å². The van der Waals surface area contributed by atoms with Crippen molar-refractivity contribution in [3.05, 3.63) is 18.2 Å². The minimum absolute atomic E-state index is 0. The van der Waals surface area contributed by atoms with E-state index in [9.17, 15) is 18.0 Å². The number of imidazole rings is 1. The molecule has 8 nitrogen and oxygen atoms in total. The first-order valence-corrected chi connectivity index (χ1v) is 8.54. The van der Waals surface area contributed by atoms with Crippen LogP contribution in [-0.2, 0) is 24.4 Å². The second-order valence-corrected chi connectivity index (χ2v) is 6.51. The summed E-state index contributed by atoms with van der Waals surface area (Å²) in [6, 6.07) is 3.88.